The highest BCUT2D eigenvalue weighted by Gasteiger charge is 2.09. The van der Waals surface area contributed by atoms with Crippen LogP contribution in [0.5, 0.6) is 0 Å². The van der Waals surface area contributed by atoms with Crippen LogP contribution in [0.25, 0.3) is 0 Å². The summed E-state index contributed by atoms with van der Waals surface area (Å²) in [5.41, 5.74) is 2.42. The number of carbonyl (C=O) groups is 1. The number of aryl methyl sites for hydroxylation is 1. The van der Waals surface area contributed by atoms with Crippen LogP contribution in [0, 0.1) is 13.8 Å². The molecule has 0 saturated heterocycles. The van der Waals surface area contributed by atoms with Crippen molar-refractivity contribution in [3.63, 3.8) is 0 Å². The molecule has 0 aliphatic rings. The first-order valence-electron chi connectivity index (χ1n) is 5.03. The van der Waals surface area contributed by atoms with Gasteiger partial charge in [-0.2, -0.15) is 0 Å². The summed E-state index contributed by atoms with van der Waals surface area (Å²) in [4.78, 5) is 12.9. The number of carbonyl (C=O) groups excluding carboxylic acids is 1. The molecule has 0 aromatic carbocycles. The Balaban J connectivity index is 1.98. The van der Waals surface area contributed by atoms with E-state index in [2.05, 4.69) is 24.5 Å². The van der Waals surface area contributed by atoms with Crippen LogP contribution >= 0.6 is 11.3 Å². The molecular formula is C12H13NO2S. The maximum atomic E-state index is 11.6. The van der Waals surface area contributed by atoms with Gasteiger partial charge in [0.25, 0.3) is 5.91 Å². The maximum absolute atomic E-state index is 11.6. The summed E-state index contributed by atoms with van der Waals surface area (Å²) in [6.45, 7) is 4.70. The summed E-state index contributed by atoms with van der Waals surface area (Å²) >= 11 is 1.71. The summed E-state index contributed by atoms with van der Waals surface area (Å²) in [6, 6.07) is 3.36. The van der Waals surface area contributed by atoms with E-state index in [0.717, 1.165) is 0 Å². The van der Waals surface area contributed by atoms with Gasteiger partial charge in [0.05, 0.1) is 6.26 Å². The van der Waals surface area contributed by atoms with Gasteiger partial charge in [-0.15, -0.1) is 11.3 Å². The minimum atomic E-state index is -0.173. The standard InChI is InChI=1S/C12H13NO2S/c1-8-9(2)16-7-10(8)6-13-12(14)11-4-3-5-15-11/h3-5,7H,6H2,1-2H3,(H,13,14). The van der Waals surface area contributed by atoms with Crippen LogP contribution in [-0.2, 0) is 6.54 Å². The van der Waals surface area contributed by atoms with E-state index in [9.17, 15) is 4.79 Å². The molecule has 4 heteroatoms. The largest absolute Gasteiger partial charge is 0.459 e. The highest BCUT2D eigenvalue weighted by Crippen LogP contribution is 2.20. The van der Waals surface area contributed by atoms with Crippen LogP contribution in [0.2, 0.25) is 0 Å². The first kappa shape index (κ1) is 11.0. The Morgan fingerprint density at radius 1 is 1.50 bits per heavy atom. The van der Waals surface area contributed by atoms with E-state index in [1.807, 2.05) is 0 Å². The number of hydrogen-bond donors (Lipinski definition) is 1. The lowest BCUT2D eigenvalue weighted by Crippen LogP contribution is -2.22. The van der Waals surface area contributed by atoms with Crippen LogP contribution in [0.3, 0.4) is 0 Å². The van der Waals surface area contributed by atoms with E-state index in [-0.39, 0.29) is 5.91 Å². The first-order chi connectivity index (χ1) is 7.68. The van der Waals surface area contributed by atoms with Crippen molar-refractivity contribution in [1.82, 2.24) is 5.32 Å². The van der Waals surface area contributed by atoms with Crippen molar-refractivity contribution in [1.29, 1.82) is 0 Å². The average Bonchev–Trinajstić information content (AvgIpc) is 2.89. The smallest absolute Gasteiger partial charge is 0.287 e. The van der Waals surface area contributed by atoms with Crippen LogP contribution in [0.15, 0.2) is 28.2 Å². The zero-order valence-corrected chi connectivity index (χ0v) is 10.1. The molecule has 0 atom stereocenters. The second-order valence-corrected chi connectivity index (χ2v) is 4.69. The molecule has 0 radical (unpaired) electrons. The van der Waals surface area contributed by atoms with Crippen LogP contribution < -0.4 is 5.32 Å². The van der Waals surface area contributed by atoms with Gasteiger partial charge in [-0.25, -0.2) is 0 Å². The Morgan fingerprint density at radius 3 is 2.88 bits per heavy atom. The zero-order valence-electron chi connectivity index (χ0n) is 9.24. The second kappa shape index (κ2) is 4.53. The molecule has 84 valence electrons. The molecule has 0 unspecified atom stereocenters. The summed E-state index contributed by atoms with van der Waals surface area (Å²) in [7, 11) is 0. The molecule has 3 nitrogen and oxygen atoms in total. The van der Waals surface area contributed by atoms with E-state index in [1.165, 1.54) is 22.3 Å². The SMILES string of the molecule is Cc1scc(CNC(=O)c2ccco2)c1C. The van der Waals surface area contributed by atoms with Crippen molar-refractivity contribution < 1.29 is 9.21 Å². The quantitative estimate of drug-likeness (QED) is 0.888. The maximum Gasteiger partial charge on any atom is 0.287 e. The van der Waals surface area contributed by atoms with Crippen molar-refractivity contribution in [2.45, 2.75) is 20.4 Å². The molecule has 0 spiro atoms. The fraction of sp³-hybridized carbons (Fsp3) is 0.250. The average molecular weight is 235 g/mol. The summed E-state index contributed by atoms with van der Waals surface area (Å²) in [6.07, 6.45) is 1.49. The van der Waals surface area contributed by atoms with Gasteiger partial charge >= 0.3 is 0 Å². The highest BCUT2D eigenvalue weighted by atomic mass is 32.1. The number of furan rings is 1. The Morgan fingerprint density at radius 2 is 2.31 bits per heavy atom. The first-order valence-corrected chi connectivity index (χ1v) is 5.91. The molecule has 0 aliphatic carbocycles. The fourth-order valence-corrected chi connectivity index (χ4v) is 2.29. The number of rotatable bonds is 3. The van der Waals surface area contributed by atoms with Gasteiger partial charge in [0.15, 0.2) is 5.76 Å². The minimum absolute atomic E-state index is 0.173. The summed E-state index contributed by atoms with van der Waals surface area (Å²) in [5.74, 6) is 0.179. The topological polar surface area (TPSA) is 42.2 Å². The number of thiophene rings is 1. The Hall–Kier alpha value is -1.55. The van der Waals surface area contributed by atoms with Gasteiger partial charge in [0, 0.05) is 11.4 Å². The lowest BCUT2D eigenvalue weighted by molar-refractivity contribution is 0.0923. The predicted molar refractivity (Wildman–Crippen MR) is 63.7 cm³/mol. The monoisotopic (exact) mass is 235 g/mol. The van der Waals surface area contributed by atoms with E-state index in [0.29, 0.717) is 12.3 Å². The molecule has 2 heterocycles. The molecule has 1 amide bonds. The lowest BCUT2D eigenvalue weighted by Gasteiger charge is -2.02. The van der Waals surface area contributed by atoms with Gasteiger partial charge in [-0.3, -0.25) is 4.79 Å². The van der Waals surface area contributed by atoms with Gasteiger partial charge in [-0.1, -0.05) is 0 Å². The third kappa shape index (κ3) is 2.17. The van der Waals surface area contributed by atoms with Gasteiger partial charge in [0.1, 0.15) is 0 Å². The van der Waals surface area contributed by atoms with Crippen LogP contribution in [0.4, 0.5) is 0 Å². The van der Waals surface area contributed by atoms with Gasteiger partial charge in [-0.05, 0) is 42.5 Å². The molecule has 0 saturated carbocycles. The third-order valence-electron chi connectivity index (χ3n) is 2.57. The number of amides is 1. The predicted octanol–water partition coefficient (Wildman–Crippen LogP) is 2.89. The van der Waals surface area contributed by atoms with Crippen LogP contribution in [-0.4, -0.2) is 5.91 Å². The highest BCUT2D eigenvalue weighted by molar-refractivity contribution is 7.10. The van der Waals surface area contributed by atoms with E-state index < -0.39 is 0 Å². The van der Waals surface area contributed by atoms with Crippen molar-refractivity contribution in [3.05, 3.63) is 45.5 Å². The molecule has 2 rings (SSSR count). The molecule has 16 heavy (non-hydrogen) atoms. The van der Waals surface area contributed by atoms with Gasteiger partial charge in [0.2, 0.25) is 0 Å². The summed E-state index contributed by atoms with van der Waals surface area (Å²) in [5, 5.41) is 4.91. The van der Waals surface area contributed by atoms with E-state index >= 15 is 0 Å². The normalized spacial score (nSPS) is 10.4. The molecule has 2 aromatic heterocycles. The number of nitrogens with one attached hydrogen (secondary N) is 1. The Labute approximate surface area is 98.1 Å². The van der Waals surface area contributed by atoms with Crippen LogP contribution in [0.1, 0.15) is 26.6 Å². The van der Waals surface area contributed by atoms with Crippen molar-refractivity contribution in [3.8, 4) is 0 Å². The molecule has 0 aliphatic heterocycles. The Bertz CT molecular complexity index is 485. The zero-order chi connectivity index (χ0) is 11.5. The van der Waals surface area contributed by atoms with Crippen molar-refractivity contribution in [2.75, 3.05) is 0 Å². The lowest BCUT2D eigenvalue weighted by atomic mass is 10.2. The second-order valence-electron chi connectivity index (χ2n) is 3.60. The van der Waals surface area contributed by atoms with Gasteiger partial charge < -0.3 is 9.73 Å². The third-order valence-corrected chi connectivity index (χ3v) is 3.63. The summed E-state index contributed by atoms with van der Waals surface area (Å²) < 4.78 is 5.01. The molecular weight excluding hydrogens is 222 g/mol. The molecule has 2 aromatic rings. The van der Waals surface area contributed by atoms with E-state index in [4.69, 9.17) is 4.42 Å². The van der Waals surface area contributed by atoms with Crippen molar-refractivity contribution >= 4 is 17.2 Å². The molecule has 0 fully saturated rings. The van der Waals surface area contributed by atoms with E-state index in [1.54, 1.807) is 23.5 Å². The molecule has 0 bridgehead atoms. The van der Waals surface area contributed by atoms with Crippen molar-refractivity contribution in [2.24, 2.45) is 0 Å². The Kier molecular flexibility index (Phi) is 3.10. The fourth-order valence-electron chi connectivity index (χ4n) is 1.41. The molecule has 1 N–H and O–H groups in total. The number of hydrogen-bond acceptors (Lipinski definition) is 3. The minimum Gasteiger partial charge on any atom is -0.459 e.